The molecule has 1 rings (SSSR count). The van der Waals surface area contributed by atoms with Crippen molar-refractivity contribution in [3.8, 4) is 12.3 Å². The van der Waals surface area contributed by atoms with Gasteiger partial charge in [-0.05, 0) is 12.1 Å². The first-order valence-electron chi connectivity index (χ1n) is 3.55. The number of hydrogen-bond acceptors (Lipinski definition) is 3. The fourth-order valence-electron chi connectivity index (χ4n) is 0.773. The zero-order valence-electron chi connectivity index (χ0n) is 6.54. The average molecular weight is 163 g/mol. The van der Waals surface area contributed by atoms with Gasteiger partial charge in [0.25, 0.3) is 0 Å². The van der Waals surface area contributed by atoms with Crippen LogP contribution in [0.1, 0.15) is 10.6 Å². The summed E-state index contributed by atoms with van der Waals surface area (Å²) in [5, 5.41) is 2.78. The molecule has 0 aliphatic carbocycles. The van der Waals surface area contributed by atoms with E-state index in [1.165, 1.54) is 6.26 Å². The van der Waals surface area contributed by atoms with E-state index in [1.54, 1.807) is 12.1 Å². The molecule has 0 saturated heterocycles. The molecule has 0 spiro atoms. The zero-order valence-corrected chi connectivity index (χ0v) is 6.54. The molecule has 1 aromatic heterocycles. The van der Waals surface area contributed by atoms with E-state index in [1.807, 2.05) is 0 Å². The first-order chi connectivity index (χ1) is 5.84. The summed E-state index contributed by atoms with van der Waals surface area (Å²) in [6, 6.07) is 3.30. The molecule has 62 valence electrons. The van der Waals surface area contributed by atoms with E-state index < -0.39 is 0 Å². The van der Waals surface area contributed by atoms with Crippen molar-refractivity contribution in [1.29, 1.82) is 0 Å². The highest BCUT2D eigenvalue weighted by Gasteiger charge is 2.06. The quantitative estimate of drug-likeness (QED) is 0.403. The molecule has 3 nitrogen and oxygen atoms in total. The summed E-state index contributed by atoms with van der Waals surface area (Å²) < 4.78 is 4.88. The number of carbonyl (C=O) groups is 1. The summed E-state index contributed by atoms with van der Waals surface area (Å²) in [4.78, 5) is 11.2. The lowest BCUT2D eigenvalue weighted by Crippen LogP contribution is -2.22. The molecule has 0 unspecified atom stereocenters. The number of Topliss-reactive ketones (excluding diaryl/α,β-unsaturated/α-hetero) is 1. The summed E-state index contributed by atoms with van der Waals surface area (Å²) in [5.41, 5.74) is 0. The number of carbonyl (C=O) groups excluding carboxylic acids is 1. The van der Waals surface area contributed by atoms with Crippen molar-refractivity contribution >= 4 is 5.78 Å². The van der Waals surface area contributed by atoms with Gasteiger partial charge in [0.05, 0.1) is 19.4 Å². The van der Waals surface area contributed by atoms with Crippen LogP contribution in [0.3, 0.4) is 0 Å². The van der Waals surface area contributed by atoms with Crippen molar-refractivity contribution in [1.82, 2.24) is 5.32 Å². The molecule has 0 aliphatic rings. The molecule has 1 aromatic rings. The van der Waals surface area contributed by atoms with Crippen LogP contribution in [0.4, 0.5) is 0 Å². The SMILES string of the molecule is C#CCNCC(=O)c1ccco1. The molecule has 0 radical (unpaired) electrons. The molecule has 3 heteroatoms. The second-order valence-corrected chi connectivity index (χ2v) is 2.21. The van der Waals surface area contributed by atoms with Crippen LogP contribution in [0.5, 0.6) is 0 Å². The molecule has 12 heavy (non-hydrogen) atoms. The Balaban J connectivity index is 2.36. The Kier molecular flexibility index (Phi) is 3.12. The maximum atomic E-state index is 11.2. The molecule has 1 N–H and O–H groups in total. The number of furan rings is 1. The number of nitrogens with one attached hydrogen (secondary N) is 1. The maximum Gasteiger partial charge on any atom is 0.211 e. The third-order valence-electron chi connectivity index (χ3n) is 1.31. The fraction of sp³-hybridized carbons (Fsp3) is 0.222. The molecule has 0 aliphatic heterocycles. The van der Waals surface area contributed by atoms with E-state index in [4.69, 9.17) is 10.8 Å². The smallest absolute Gasteiger partial charge is 0.211 e. The molecule has 0 amide bonds. The van der Waals surface area contributed by atoms with Gasteiger partial charge < -0.3 is 4.42 Å². The van der Waals surface area contributed by atoms with Crippen molar-refractivity contribution in [2.24, 2.45) is 0 Å². The lowest BCUT2D eigenvalue weighted by Gasteiger charge is -1.95. The molecular formula is C9H9NO2. The van der Waals surface area contributed by atoms with Gasteiger partial charge in [-0.1, -0.05) is 5.92 Å². The highest BCUT2D eigenvalue weighted by Crippen LogP contribution is 1.99. The van der Waals surface area contributed by atoms with E-state index in [0.29, 0.717) is 12.3 Å². The zero-order chi connectivity index (χ0) is 8.81. The summed E-state index contributed by atoms with van der Waals surface area (Å²) in [7, 11) is 0. The summed E-state index contributed by atoms with van der Waals surface area (Å²) >= 11 is 0. The Bertz CT molecular complexity index is 282. The van der Waals surface area contributed by atoms with Crippen LogP contribution in [0, 0.1) is 12.3 Å². The van der Waals surface area contributed by atoms with Crippen LogP contribution < -0.4 is 5.32 Å². The van der Waals surface area contributed by atoms with E-state index >= 15 is 0 Å². The van der Waals surface area contributed by atoms with E-state index in [9.17, 15) is 4.79 Å². The third-order valence-corrected chi connectivity index (χ3v) is 1.31. The Morgan fingerprint density at radius 1 is 1.75 bits per heavy atom. The predicted molar refractivity (Wildman–Crippen MR) is 44.7 cm³/mol. The number of hydrogen-bond donors (Lipinski definition) is 1. The molecule has 0 saturated carbocycles. The molecule has 0 atom stereocenters. The molecule has 1 heterocycles. The van der Waals surface area contributed by atoms with Crippen molar-refractivity contribution in [3.63, 3.8) is 0 Å². The summed E-state index contributed by atoms with van der Waals surface area (Å²) in [6.07, 6.45) is 6.45. The van der Waals surface area contributed by atoms with Crippen LogP contribution in [0.15, 0.2) is 22.8 Å². The topological polar surface area (TPSA) is 42.2 Å². The first-order valence-corrected chi connectivity index (χ1v) is 3.55. The third kappa shape index (κ3) is 2.26. The monoisotopic (exact) mass is 163 g/mol. The van der Waals surface area contributed by atoms with Crippen LogP contribution in [-0.2, 0) is 0 Å². The highest BCUT2D eigenvalue weighted by atomic mass is 16.3. The van der Waals surface area contributed by atoms with E-state index in [0.717, 1.165) is 0 Å². The van der Waals surface area contributed by atoms with Gasteiger partial charge in [-0.2, -0.15) is 0 Å². The van der Waals surface area contributed by atoms with Crippen LogP contribution in [-0.4, -0.2) is 18.9 Å². The fourth-order valence-corrected chi connectivity index (χ4v) is 0.773. The lowest BCUT2D eigenvalue weighted by atomic mass is 10.3. The normalized spacial score (nSPS) is 9.25. The Hall–Kier alpha value is -1.53. The molecule has 0 aromatic carbocycles. The molecular weight excluding hydrogens is 154 g/mol. The summed E-state index contributed by atoms with van der Waals surface area (Å²) in [6.45, 7) is 0.615. The predicted octanol–water partition coefficient (Wildman–Crippen LogP) is 0.685. The maximum absolute atomic E-state index is 11.2. The minimum absolute atomic E-state index is 0.0877. The summed E-state index contributed by atoms with van der Waals surface area (Å²) in [5.74, 6) is 2.65. The first kappa shape index (κ1) is 8.57. The van der Waals surface area contributed by atoms with Crippen molar-refractivity contribution < 1.29 is 9.21 Å². The van der Waals surface area contributed by atoms with Crippen molar-refractivity contribution in [3.05, 3.63) is 24.2 Å². The largest absolute Gasteiger partial charge is 0.461 e. The number of terminal acetylenes is 1. The molecule has 0 bridgehead atoms. The van der Waals surface area contributed by atoms with Gasteiger partial charge in [0.2, 0.25) is 5.78 Å². The second-order valence-electron chi connectivity index (χ2n) is 2.21. The van der Waals surface area contributed by atoms with Gasteiger partial charge in [0.1, 0.15) is 0 Å². The average Bonchev–Trinajstić information content (AvgIpc) is 2.56. The van der Waals surface area contributed by atoms with Crippen molar-refractivity contribution in [2.75, 3.05) is 13.1 Å². The van der Waals surface area contributed by atoms with Crippen LogP contribution >= 0.6 is 0 Å². The number of rotatable bonds is 4. The van der Waals surface area contributed by atoms with E-state index in [-0.39, 0.29) is 12.3 Å². The standard InChI is InChI=1S/C9H9NO2/c1-2-5-10-7-8(11)9-4-3-6-12-9/h1,3-4,6,10H,5,7H2. The van der Waals surface area contributed by atoms with Crippen molar-refractivity contribution in [2.45, 2.75) is 0 Å². The van der Waals surface area contributed by atoms with Crippen LogP contribution in [0.25, 0.3) is 0 Å². The minimum atomic E-state index is -0.0877. The Labute approximate surface area is 70.8 Å². The Morgan fingerprint density at radius 3 is 3.17 bits per heavy atom. The van der Waals surface area contributed by atoms with Gasteiger partial charge in [-0.25, -0.2) is 0 Å². The molecule has 0 fully saturated rings. The minimum Gasteiger partial charge on any atom is -0.461 e. The lowest BCUT2D eigenvalue weighted by molar-refractivity contribution is 0.0966. The van der Waals surface area contributed by atoms with Gasteiger partial charge in [-0.3, -0.25) is 10.1 Å². The Morgan fingerprint density at radius 2 is 2.58 bits per heavy atom. The van der Waals surface area contributed by atoms with Gasteiger partial charge in [0.15, 0.2) is 5.76 Å². The van der Waals surface area contributed by atoms with E-state index in [2.05, 4.69) is 11.2 Å². The van der Waals surface area contributed by atoms with Crippen LogP contribution in [0.2, 0.25) is 0 Å². The van der Waals surface area contributed by atoms with Gasteiger partial charge in [0, 0.05) is 0 Å². The van der Waals surface area contributed by atoms with Gasteiger partial charge in [-0.15, -0.1) is 6.42 Å². The highest BCUT2D eigenvalue weighted by molar-refractivity contribution is 5.94. The second kappa shape index (κ2) is 4.37. The van der Waals surface area contributed by atoms with Gasteiger partial charge >= 0.3 is 0 Å². The number of ketones is 1.